The topological polar surface area (TPSA) is 84.0 Å². The summed E-state index contributed by atoms with van der Waals surface area (Å²) in [5.41, 5.74) is 3.17. The zero-order chi connectivity index (χ0) is 16.9. The molecule has 0 aliphatic heterocycles. The number of rotatable bonds is 4. The highest BCUT2D eigenvalue weighted by atomic mass is 16.2. The maximum absolute atomic E-state index is 12.2. The van der Waals surface area contributed by atoms with Crippen LogP contribution in [-0.2, 0) is 6.54 Å². The Hall–Kier alpha value is -3.28. The number of hydrogen-bond acceptors (Lipinski definition) is 4. The highest BCUT2D eigenvalue weighted by molar-refractivity contribution is 5.94. The third kappa shape index (κ3) is 3.38. The number of carbonyl (C=O) groups excluding carboxylic acids is 2. The number of hydrogen-bond donors (Lipinski definition) is 2. The molecular formula is C18H16N4O2. The highest BCUT2D eigenvalue weighted by Gasteiger charge is 2.09. The van der Waals surface area contributed by atoms with E-state index in [0.717, 1.165) is 11.1 Å². The van der Waals surface area contributed by atoms with Crippen LogP contribution in [0.15, 0.2) is 54.7 Å². The van der Waals surface area contributed by atoms with Gasteiger partial charge in [0.2, 0.25) is 0 Å². The molecule has 1 aromatic heterocycles. The van der Waals surface area contributed by atoms with Crippen molar-refractivity contribution in [3.63, 3.8) is 0 Å². The molecule has 0 saturated carbocycles. The lowest BCUT2D eigenvalue weighted by molar-refractivity contribution is 0.0942. The van der Waals surface area contributed by atoms with Crippen LogP contribution in [0.2, 0.25) is 0 Å². The van der Waals surface area contributed by atoms with Crippen LogP contribution in [0.5, 0.6) is 0 Å². The van der Waals surface area contributed by atoms with Crippen molar-refractivity contribution in [1.82, 2.24) is 20.6 Å². The summed E-state index contributed by atoms with van der Waals surface area (Å²) in [7, 11) is 1.58. The van der Waals surface area contributed by atoms with Crippen molar-refractivity contribution in [3.05, 3.63) is 71.5 Å². The van der Waals surface area contributed by atoms with E-state index in [0.29, 0.717) is 17.6 Å². The molecule has 0 aliphatic rings. The van der Waals surface area contributed by atoms with Crippen LogP contribution in [-0.4, -0.2) is 28.8 Å². The summed E-state index contributed by atoms with van der Waals surface area (Å²) in [5.74, 6) is -0.430. The van der Waals surface area contributed by atoms with Crippen LogP contribution in [0.3, 0.4) is 0 Å². The molecule has 3 aromatic rings. The highest BCUT2D eigenvalue weighted by Crippen LogP contribution is 2.09. The summed E-state index contributed by atoms with van der Waals surface area (Å²) in [4.78, 5) is 32.2. The van der Waals surface area contributed by atoms with Crippen molar-refractivity contribution in [2.45, 2.75) is 6.54 Å². The normalized spacial score (nSPS) is 10.4. The molecule has 6 heteroatoms. The number of aromatic nitrogens is 2. The molecule has 0 bridgehead atoms. The maximum Gasteiger partial charge on any atom is 0.271 e. The van der Waals surface area contributed by atoms with E-state index in [4.69, 9.17) is 0 Å². The summed E-state index contributed by atoms with van der Waals surface area (Å²) < 4.78 is 0. The summed E-state index contributed by atoms with van der Waals surface area (Å²) in [5, 5.41) is 5.36. The number of para-hydroxylation sites is 2. The molecule has 0 atom stereocenters. The molecule has 0 aliphatic carbocycles. The number of nitrogens with one attached hydrogen (secondary N) is 2. The quantitative estimate of drug-likeness (QED) is 0.769. The molecule has 2 aromatic carbocycles. The summed E-state index contributed by atoms with van der Waals surface area (Å²) in [6, 6.07) is 14.4. The first-order valence-electron chi connectivity index (χ1n) is 7.48. The summed E-state index contributed by atoms with van der Waals surface area (Å²) >= 11 is 0. The first-order valence-corrected chi connectivity index (χ1v) is 7.48. The molecule has 2 amide bonds. The van der Waals surface area contributed by atoms with E-state index in [1.807, 2.05) is 24.3 Å². The Kier molecular flexibility index (Phi) is 4.47. The maximum atomic E-state index is 12.2. The van der Waals surface area contributed by atoms with Crippen LogP contribution in [0.1, 0.15) is 26.4 Å². The van der Waals surface area contributed by atoms with Gasteiger partial charge in [0, 0.05) is 19.2 Å². The molecule has 3 rings (SSSR count). The standard InChI is InChI=1S/C18H16N4O2/c1-19-17(23)13-8-6-12(7-9-13)10-21-18(24)16-11-20-14-4-2-3-5-15(14)22-16/h2-9,11H,10H2,1H3,(H,19,23)(H,21,24). The Morgan fingerprint density at radius 3 is 2.38 bits per heavy atom. The molecule has 120 valence electrons. The largest absolute Gasteiger partial charge is 0.355 e. The van der Waals surface area contributed by atoms with Crippen molar-refractivity contribution in [2.75, 3.05) is 7.05 Å². The molecule has 6 nitrogen and oxygen atoms in total. The Labute approximate surface area is 138 Å². The first-order chi connectivity index (χ1) is 11.7. The Bertz CT molecular complexity index is 891. The lowest BCUT2D eigenvalue weighted by Gasteiger charge is -2.06. The first kappa shape index (κ1) is 15.6. The molecule has 0 spiro atoms. The van der Waals surface area contributed by atoms with Gasteiger partial charge in [-0.2, -0.15) is 0 Å². The minimum absolute atomic E-state index is 0.142. The summed E-state index contributed by atoms with van der Waals surface area (Å²) in [6.45, 7) is 0.349. The SMILES string of the molecule is CNC(=O)c1ccc(CNC(=O)c2cnc3ccccc3n2)cc1. The van der Waals surface area contributed by atoms with Gasteiger partial charge in [-0.3, -0.25) is 14.6 Å². The second kappa shape index (κ2) is 6.87. The molecule has 0 radical (unpaired) electrons. The van der Waals surface area contributed by atoms with Gasteiger partial charge in [-0.25, -0.2) is 4.98 Å². The summed E-state index contributed by atoms with van der Waals surface area (Å²) in [6.07, 6.45) is 1.46. The van der Waals surface area contributed by atoms with E-state index >= 15 is 0 Å². The van der Waals surface area contributed by atoms with Gasteiger partial charge in [-0.05, 0) is 29.8 Å². The van der Waals surface area contributed by atoms with Crippen LogP contribution in [0.4, 0.5) is 0 Å². The number of nitrogens with zero attached hydrogens (tertiary/aromatic N) is 2. The average Bonchev–Trinajstić information content (AvgIpc) is 2.65. The van der Waals surface area contributed by atoms with E-state index < -0.39 is 0 Å². The van der Waals surface area contributed by atoms with Gasteiger partial charge in [0.1, 0.15) is 5.69 Å². The predicted octanol–water partition coefficient (Wildman–Crippen LogP) is 1.92. The van der Waals surface area contributed by atoms with E-state index in [-0.39, 0.29) is 17.5 Å². The number of amides is 2. The van der Waals surface area contributed by atoms with Crippen LogP contribution in [0, 0.1) is 0 Å². The Morgan fingerprint density at radius 2 is 1.67 bits per heavy atom. The van der Waals surface area contributed by atoms with Crippen LogP contribution >= 0.6 is 0 Å². The second-order valence-corrected chi connectivity index (χ2v) is 5.20. The zero-order valence-corrected chi connectivity index (χ0v) is 13.1. The van der Waals surface area contributed by atoms with Crippen molar-refractivity contribution in [2.24, 2.45) is 0 Å². The third-order valence-corrected chi connectivity index (χ3v) is 3.58. The Balaban J connectivity index is 1.67. The van der Waals surface area contributed by atoms with Gasteiger partial charge >= 0.3 is 0 Å². The van der Waals surface area contributed by atoms with Gasteiger partial charge in [0.15, 0.2) is 0 Å². The fourth-order valence-electron chi connectivity index (χ4n) is 2.26. The molecule has 1 heterocycles. The predicted molar refractivity (Wildman–Crippen MR) is 90.5 cm³/mol. The van der Waals surface area contributed by atoms with E-state index in [9.17, 15) is 9.59 Å². The van der Waals surface area contributed by atoms with Crippen molar-refractivity contribution < 1.29 is 9.59 Å². The lowest BCUT2D eigenvalue weighted by atomic mass is 10.1. The van der Waals surface area contributed by atoms with Gasteiger partial charge in [-0.15, -0.1) is 0 Å². The Morgan fingerprint density at radius 1 is 0.958 bits per heavy atom. The van der Waals surface area contributed by atoms with Crippen LogP contribution in [0.25, 0.3) is 11.0 Å². The average molecular weight is 320 g/mol. The van der Waals surface area contributed by atoms with Crippen molar-refractivity contribution >= 4 is 22.8 Å². The molecular weight excluding hydrogens is 304 g/mol. The number of carbonyl (C=O) groups is 2. The van der Waals surface area contributed by atoms with Gasteiger partial charge < -0.3 is 10.6 Å². The van der Waals surface area contributed by atoms with E-state index in [1.165, 1.54) is 6.20 Å². The van der Waals surface area contributed by atoms with E-state index in [2.05, 4.69) is 20.6 Å². The molecule has 24 heavy (non-hydrogen) atoms. The molecule has 0 saturated heterocycles. The molecule has 0 fully saturated rings. The number of fused-ring (bicyclic) bond motifs is 1. The van der Waals surface area contributed by atoms with Gasteiger partial charge in [-0.1, -0.05) is 24.3 Å². The van der Waals surface area contributed by atoms with Crippen molar-refractivity contribution in [1.29, 1.82) is 0 Å². The third-order valence-electron chi connectivity index (χ3n) is 3.58. The fourth-order valence-corrected chi connectivity index (χ4v) is 2.26. The zero-order valence-electron chi connectivity index (χ0n) is 13.1. The monoisotopic (exact) mass is 320 g/mol. The second-order valence-electron chi connectivity index (χ2n) is 5.20. The fraction of sp³-hybridized carbons (Fsp3) is 0.111. The lowest BCUT2D eigenvalue weighted by Crippen LogP contribution is -2.24. The smallest absolute Gasteiger partial charge is 0.271 e. The van der Waals surface area contributed by atoms with Crippen LogP contribution < -0.4 is 10.6 Å². The van der Waals surface area contributed by atoms with Crippen molar-refractivity contribution in [3.8, 4) is 0 Å². The molecule has 2 N–H and O–H groups in total. The number of benzene rings is 2. The van der Waals surface area contributed by atoms with Gasteiger partial charge in [0.05, 0.1) is 17.2 Å². The molecule has 0 unspecified atom stereocenters. The minimum Gasteiger partial charge on any atom is -0.355 e. The minimum atomic E-state index is -0.288. The van der Waals surface area contributed by atoms with E-state index in [1.54, 1.807) is 31.3 Å². The van der Waals surface area contributed by atoms with Gasteiger partial charge in [0.25, 0.3) is 11.8 Å².